The predicted molar refractivity (Wildman–Crippen MR) is 168 cm³/mol. The van der Waals surface area contributed by atoms with E-state index < -0.39 is 23.6 Å². The van der Waals surface area contributed by atoms with Gasteiger partial charge in [-0.1, -0.05) is 97.1 Å². The molecule has 0 radical (unpaired) electrons. The molecule has 1 aromatic heterocycles. The number of carboxylic acid groups (broad SMARTS) is 1. The summed E-state index contributed by atoms with van der Waals surface area (Å²) in [7, 11) is 0. The fourth-order valence-electron chi connectivity index (χ4n) is 6.48. The van der Waals surface area contributed by atoms with E-state index in [9.17, 15) is 19.8 Å². The Labute approximate surface area is 250 Å². The van der Waals surface area contributed by atoms with Gasteiger partial charge in [0.05, 0.1) is 12.6 Å². The maximum atomic E-state index is 14.4. The van der Waals surface area contributed by atoms with Crippen molar-refractivity contribution in [3.8, 4) is 11.1 Å². The van der Waals surface area contributed by atoms with Crippen LogP contribution in [0.1, 0.15) is 35.1 Å². The molecule has 2 atom stereocenters. The Hall–Kier alpha value is -4.88. The minimum atomic E-state index is -1.49. The van der Waals surface area contributed by atoms with Crippen molar-refractivity contribution in [2.45, 2.75) is 37.3 Å². The van der Waals surface area contributed by atoms with Gasteiger partial charge < -0.3 is 20.5 Å². The van der Waals surface area contributed by atoms with Crippen molar-refractivity contribution < 1.29 is 19.8 Å². The summed E-state index contributed by atoms with van der Waals surface area (Å²) in [4.78, 5) is 32.1. The number of aromatic amines is 1. The van der Waals surface area contributed by atoms with Crippen LogP contribution in [0.4, 0.5) is 4.79 Å². The van der Waals surface area contributed by atoms with Crippen molar-refractivity contribution in [3.63, 3.8) is 0 Å². The smallest absolute Gasteiger partial charge is 0.408 e. The van der Waals surface area contributed by atoms with Gasteiger partial charge in [-0.2, -0.15) is 0 Å². The quantitative estimate of drug-likeness (QED) is 0.165. The molecule has 43 heavy (non-hydrogen) atoms. The maximum Gasteiger partial charge on any atom is 0.408 e. The summed E-state index contributed by atoms with van der Waals surface area (Å²) in [6.45, 7) is 1.51. The first-order valence-electron chi connectivity index (χ1n) is 14.6. The molecular weight excluding hydrogens is 538 g/mol. The molecule has 4 N–H and O–H groups in total. The van der Waals surface area contributed by atoms with Gasteiger partial charge in [-0.15, -0.1) is 0 Å². The molecule has 6 rings (SSSR count). The third-order valence-corrected chi connectivity index (χ3v) is 8.73. The summed E-state index contributed by atoms with van der Waals surface area (Å²) in [5.74, 6) is -0.689. The van der Waals surface area contributed by atoms with Crippen molar-refractivity contribution in [3.05, 3.63) is 132 Å². The average Bonchev–Trinajstić information content (AvgIpc) is 3.58. The Morgan fingerprint density at radius 1 is 0.884 bits per heavy atom. The Morgan fingerprint density at radius 2 is 1.49 bits per heavy atom. The molecule has 5 aromatic rings. The third-order valence-electron chi connectivity index (χ3n) is 8.73. The van der Waals surface area contributed by atoms with Gasteiger partial charge in [0.1, 0.15) is 5.54 Å². The van der Waals surface area contributed by atoms with Crippen LogP contribution in [0.2, 0.25) is 0 Å². The number of carbonyl (C=O) groups is 2. The van der Waals surface area contributed by atoms with E-state index in [2.05, 4.69) is 22.4 Å². The molecule has 0 saturated carbocycles. The summed E-state index contributed by atoms with van der Waals surface area (Å²) >= 11 is 0. The summed E-state index contributed by atoms with van der Waals surface area (Å²) in [6, 6.07) is 33.0. The molecule has 0 unspecified atom stereocenters. The van der Waals surface area contributed by atoms with E-state index in [1.807, 2.05) is 97.2 Å². The second-order valence-corrected chi connectivity index (χ2v) is 11.5. The largest absolute Gasteiger partial charge is 0.465 e. The Kier molecular flexibility index (Phi) is 7.74. The molecule has 1 aliphatic rings. The molecule has 1 aliphatic carbocycles. The molecule has 2 amide bonds. The lowest BCUT2D eigenvalue weighted by Crippen LogP contribution is -2.62. The number of aromatic nitrogens is 1. The van der Waals surface area contributed by atoms with Crippen LogP contribution < -0.4 is 5.32 Å². The summed E-state index contributed by atoms with van der Waals surface area (Å²) in [5, 5.41) is 25.0. The highest BCUT2D eigenvalue weighted by Crippen LogP contribution is 2.45. The number of carbonyl (C=O) groups excluding carboxylic acids is 1. The highest BCUT2D eigenvalue weighted by Gasteiger charge is 2.46. The molecular formula is C36H35N3O4. The Morgan fingerprint density at radius 3 is 2.14 bits per heavy atom. The highest BCUT2D eigenvalue weighted by molar-refractivity contribution is 5.92. The molecule has 0 spiro atoms. The van der Waals surface area contributed by atoms with E-state index in [-0.39, 0.29) is 25.5 Å². The number of fused-ring (bicyclic) bond motifs is 4. The average molecular weight is 574 g/mol. The number of aliphatic hydroxyl groups is 1. The first kappa shape index (κ1) is 28.2. The first-order chi connectivity index (χ1) is 20.9. The van der Waals surface area contributed by atoms with E-state index in [4.69, 9.17) is 0 Å². The standard InChI is InChI=1S/C36H35N3O4/c1-36(20-25-21-37-33-18-10-9-13-27(25)33,34(41)38-26(23-40)19-24-11-3-2-4-12-24)39(35(42)43)22-32-30-16-7-5-14-28(30)29-15-6-8-17-31(29)32/h2-18,21,26,32,37,40H,19-20,22-23H2,1H3,(H,38,41)(H,42,43)/t26-,36+/m0/s1. The number of nitrogens with zero attached hydrogens (tertiary/aromatic N) is 1. The number of hydrogen-bond donors (Lipinski definition) is 4. The van der Waals surface area contributed by atoms with Gasteiger partial charge in [-0.25, -0.2) is 4.79 Å². The van der Waals surface area contributed by atoms with Gasteiger partial charge >= 0.3 is 6.09 Å². The number of nitrogens with one attached hydrogen (secondary N) is 2. The molecule has 0 aliphatic heterocycles. The zero-order valence-electron chi connectivity index (χ0n) is 24.0. The number of aliphatic hydroxyl groups excluding tert-OH is 1. The van der Waals surface area contributed by atoms with Gasteiger partial charge in [0, 0.05) is 36.0 Å². The fourth-order valence-corrected chi connectivity index (χ4v) is 6.48. The lowest BCUT2D eigenvalue weighted by molar-refractivity contribution is -0.132. The first-order valence-corrected chi connectivity index (χ1v) is 14.6. The number of benzene rings is 4. The lowest BCUT2D eigenvalue weighted by Gasteiger charge is -2.40. The van der Waals surface area contributed by atoms with Crippen LogP contribution in [0, 0.1) is 0 Å². The molecule has 1 heterocycles. The van der Waals surface area contributed by atoms with E-state index in [1.54, 1.807) is 6.92 Å². The number of H-pyrrole nitrogens is 1. The van der Waals surface area contributed by atoms with Crippen LogP contribution in [-0.4, -0.2) is 56.8 Å². The molecule has 4 aromatic carbocycles. The van der Waals surface area contributed by atoms with Crippen LogP contribution in [0.5, 0.6) is 0 Å². The SMILES string of the molecule is C[C@@](Cc1c[nH]c2ccccc12)(C(=O)N[C@H](CO)Cc1ccccc1)N(CC1c2ccccc2-c2ccccc21)C(=O)O. The molecule has 218 valence electrons. The van der Waals surface area contributed by atoms with Crippen molar-refractivity contribution in [1.82, 2.24) is 15.2 Å². The molecule has 7 nitrogen and oxygen atoms in total. The van der Waals surface area contributed by atoms with E-state index >= 15 is 0 Å². The molecule has 0 saturated heterocycles. The van der Waals surface area contributed by atoms with Crippen molar-refractivity contribution in [1.29, 1.82) is 0 Å². The number of amides is 2. The van der Waals surface area contributed by atoms with Crippen LogP contribution in [0.3, 0.4) is 0 Å². The van der Waals surface area contributed by atoms with Gasteiger partial charge in [0.15, 0.2) is 0 Å². The molecule has 7 heteroatoms. The minimum absolute atomic E-state index is 0.0953. The highest BCUT2D eigenvalue weighted by atomic mass is 16.4. The summed E-state index contributed by atoms with van der Waals surface area (Å²) < 4.78 is 0. The maximum absolute atomic E-state index is 14.4. The lowest BCUT2D eigenvalue weighted by atomic mass is 9.87. The normalized spacial score (nSPS) is 14.5. The van der Waals surface area contributed by atoms with E-state index in [1.165, 1.54) is 4.90 Å². The van der Waals surface area contributed by atoms with Gasteiger partial charge in [-0.05, 0) is 52.8 Å². The summed E-state index contributed by atoms with van der Waals surface area (Å²) in [5.41, 5.74) is 5.49. The van der Waals surface area contributed by atoms with Crippen LogP contribution in [0.25, 0.3) is 22.0 Å². The zero-order valence-corrected chi connectivity index (χ0v) is 24.0. The second-order valence-electron chi connectivity index (χ2n) is 11.5. The van der Waals surface area contributed by atoms with E-state index in [0.717, 1.165) is 44.3 Å². The number of hydrogen-bond acceptors (Lipinski definition) is 3. The summed E-state index contributed by atoms with van der Waals surface area (Å²) in [6.07, 6.45) is 1.24. The topological polar surface area (TPSA) is 106 Å². The van der Waals surface area contributed by atoms with Gasteiger partial charge in [0.25, 0.3) is 0 Å². The predicted octanol–water partition coefficient (Wildman–Crippen LogP) is 5.98. The third kappa shape index (κ3) is 5.40. The van der Waals surface area contributed by atoms with Gasteiger partial charge in [0.2, 0.25) is 5.91 Å². The van der Waals surface area contributed by atoms with Crippen molar-refractivity contribution in [2.24, 2.45) is 0 Å². The minimum Gasteiger partial charge on any atom is -0.465 e. The monoisotopic (exact) mass is 573 g/mol. The number of para-hydroxylation sites is 1. The molecule has 0 bridgehead atoms. The Balaban J connectivity index is 1.39. The fraction of sp³-hybridized carbons (Fsp3) is 0.222. The molecule has 0 fully saturated rings. The number of rotatable bonds is 10. The van der Waals surface area contributed by atoms with Crippen LogP contribution >= 0.6 is 0 Å². The van der Waals surface area contributed by atoms with Crippen molar-refractivity contribution >= 4 is 22.9 Å². The Bertz CT molecular complexity index is 1720. The van der Waals surface area contributed by atoms with E-state index in [0.29, 0.717) is 6.42 Å². The van der Waals surface area contributed by atoms with Crippen molar-refractivity contribution in [2.75, 3.05) is 13.2 Å². The zero-order chi connectivity index (χ0) is 30.0. The van der Waals surface area contributed by atoms with Crippen LogP contribution in [0.15, 0.2) is 109 Å². The van der Waals surface area contributed by atoms with Crippen LogP contribution in [-0.2, 0) is 17.6 Å². The van der Waals surface area contributed by atoms with Gasteiger partial charge in [-0.3, -0.25) is 9.69 Å². The second kappa shape index (κ2) is 11.8.